The highest BCUT2D eigenvalue weighted by Crippen LogP contribution is 2.22. The maximum Gasteiger partial charge on any atom is 0.253 e. The van der Waals surface area contributed by atoms with E-state index in [0.29, 0.717) is 19.6 Å². The minimum Gasteiger partial charge on any atom is -0.490 e. The Bertz CT molecular complexity index is 1350. The quantitative estimate of drug-likeness (QED) is 0.355. The zero-order chi connectivity index (χ0) is 26.5. The van der Waals surface area contributed by atoms with Crippen LogP contribution in [0.5, 0.6) is 5.75 Å². The van der Waals surface area contributed by atoms with Gasteiger partial charge in [0.2, 0.25) is 0 Å². The molecule has 0 bridgehead atoms. The van der Waals surface area contributed by atoms with Gasteiger partial charge in [-0.15, -0.1) is 0 Å². The molecule has 198 valence electrons. The van der Waals surface area contributed by atoms with Crippen LogP contribution >= 0.6 is 0 Å². The molecule has 1 saturated heterocycles. The van der Waals surface area contributed by atoms with Crippen LogP contribution in [-0.4, -0.2) is 61.7 Å². The highest BCUT2D eigenvalue weighted by molar-refractivity contribution is 5.94. The monoisotopic (exact) mass is 512 g/mol. The fourth-order valence-electron chi connectivity index (χ4n) is 5.09. The largest absolute Gasteiger partial charge is 0.490 e. The van der Waals surface area contributed by atoms with E-state index in [0.717, 1.165) is 60.0 Å². The number of imidazole rings is 1. The normalized spacial score (nSPS) is 14.3. The van der Waals surface area contributed by atoms with Gasteiger partial charge >= 0.3 is 0 Å². The van der Waals surface area contributed by atoms with Gasteiger partial charge in [-0.25, -0.2) is 4.98 Å². The van der Waals surface area contributed by atoms with E-state index in [-0.39, 0.29) is 12.0 Å². The van der Waals surface area contributed by atoms with Gasteiger partial charge in [-0.1, -0.05) is 24.3 Å². The number of amides is 1. The third-order valence-electron chi connectivity index (χ3n) is 6.97. The molecule has 0 atom stereocenters. The number of ether oxygens (including phenoxy) is 1. The molecule has 8 heteroatoms. The first kappa shape index (κ1) is 25.7. The molecule has 0 saturated carbocycles. The zero-order valence-electron chi connectivity index (χ0n) is 22.4. The Morgan fingerprint density at radius 3 is 2.58 bits per heavy atom. The average Bonchev–Trinajstić information content (AvgIpc) is 3.53. The molecule has 0 aliphatic carbocycles. The van der Waals surface area contributed by atoms with Crippen molar-refractivity contribution in [2.45, 2.75) is 52.4 Å². The van der Waals surface area contributed by atoms with Crippen LogP contribution in [0.1, 0.15) is 51.5 Å². The Hall–Kier alpha value is -3.91. The summed E-state index contributed by atoms with van der Waals surface area (Å²) in [4.78, 5) is 24.9. The van der Waals surface area contributed by atoms with Crippen LogP contribution in [0, 0.1) is 13.8 Å². The Morgan fingerprint density at radius 1 is 1.05 bits per heavy atom. The molecular weight excluding hydrogens is 476 g/mol. The summed E-state index contributed by atoms with van der Waals surface area (Å²) in [5.74, 6) is 1.92. The molecule has 1 fully saturated rings. The van der Waals surface area contributed by atoms with Gasteiger partial charge in [-0.3, -0.25) is 14.4 Å². The summed E-state index contributed by atoms with van der Waals surface area (Å²) in [6, 6.07) is 18.3. The molecule has 1 aliphatic heterocycles. The van der Waals surface area contributed by atoms with Crippen LogP contribution in [0.3, 0.4) is 0 Å². The van der Waals surface area contributed by atoms with Crippen LogP contribution in [0.15, 0.2) is 67.0 Å². The Morgan fingerprint density at radius 2 is 1.84 bits per heavy atom. The van der Waals surface area contributed by atoms with Crippen molar-refractivity contribution in [3.05, 3.63) is 101 Å². The van der Waals surface area contributed by atoms with E-state index in [4.69, 9.17) is 4.74 Å². The van der Waals surface area contributed by atoms with E-state index in [1.807, 2.05) is 53.0 Å². The number of carbonyl (C=O) groups excluding carboxylic acids is 1. The van der Waals surface area contributed by atoms with E-state index in [1.165, 1.54) is 5.56 Å². The van der Waals surface area contributed by atoms with Gasteiger partial charge < -0.3 is 14.6 Å². The molecule has 2 aromatic heterocycles. The van der Waals surface area contributed by atoms with Crippen LogP contribution in [0.25, 0.3) is 0 Å². The topological polar surface area (TPSA) is 79.3 Å². The fraction of sp³-hybridized carbons (Fsp3) is 0.367. The van der Waals surface area contributed by atoms with Crippen molar-refractivity contribution < 1.29 is 9.53 Å². The summed E-state index contributed by atoms with van der Waals surface area (Å²) in [6.07, 6.45) is 5.36. The third-order valence-corrected chi connectivity index (χ3v) is 6.97. The van der Waals surface area contributed by atoms with Crippen molar-refractivity contribution in [1.82, 2.24) is 29.5 Å². The maximum absolute atomic E-state index is 13.3. The summed E-state index contributed by atoms with van der Waals surface area (Å²) in [5, 5.41) is 4.55. The molecule has 1 aliphatic rings. The maximum atomic E-state index is 13.3. The molecule has 8 nitrogen and oxygen atoms in total. The molecule has 3 heterocycles. The summed E-state index contributed by atoms with van der Waals surface area (Å²) in [6.45, 7) is 7.66. The number of hydrogen-bond acceptors (Lipinski definition) is 5. The van der Waals surface area contributed by atoms with Crippen LogP contribution in [-0.2, 0) is 19.6 Å². The van der Waals surface area contributed by atoms with Gasteiger partial charge in [0.25, 0.3) is 5.91 Å². The molecular formula is C30H36N6O2. The summed E-state index contributed by atoms with van der Waals surface area (Å²) >= 11 is 0. The number of rotatable bonds is 9. The minimum atomic E-state index is 0.0836. The summed E-state index contributed by atoms with van der Waals surface area (Å²) in [5.41, 5.74) is 5.13. The van der Waals surface area contributed by atoms with Crippen molar-refractivity contribution >= 4 is 5.91 Å². The Kier molecular flexibility index (Phi) is 7.89. The number of H-pyrrole nitrogens is 1. The number of nitrogens with zero attached hydrogens (tertiary/aromatic N) is 5. The lowest BCUT2D eigenvalue weighted by Gasteiger charge is -2.32. The average molecular weight is 513 g/mol. The predicted molar refractivity (Wildman–Crippen MR) is 147 cm³/mol. The van der Waals surface area contributed by atoms with Gasteiger partial charge in [0, 0.05) is 56.1 Å². The third kappa shape index (κ3) is 6.50. The molecule has 0 spiro atoms. The number of piperidine rings is 1. The minimum absolute atomic E-state index is 0.0836. The molecule has 38 heavy (non-hydrogen) atoms. The molecule has 4 aromatic rings. The first-order valence-corrected chi connectivity index (χ1v) is 13.2. The smallest absolute Gasteiger partial charge is 0.253 e. The fourth-order valence-corrected chi connectivity index (χ4v) is 5.09. The van der Waals surface area contributed by atoms with E-state index in [2.05, 4.69) is 58.2 Å². The lowest BCUT2D eigenvalue weighted by atomic mass is 10.0. The number of benzene rings is 2. The zero-order valence-corrected chi connectivity index (χ0v) is 22.4. The molecule has 2 aromatic carbocycles. The second-order valence-electron chi connectivity index (χ2n) is 10.3. The first-order valence-electron chi connectivity index (χ1n) is 13.2. The van der Waals surface area contributed by atoms with E-state index in [9.17, 15) is 4.79 Å². The van der Waals surface area contributed by atoms with Crippen molar-refractivity contribution in [3.8, 4) is 5.75 Å². The van der Waals surface area contributed by atoms with Crippen molar-refractivity contribution in [2.24, 2.45) is 0 Å². The molecule has 5 rings (SSSR count). The van der Waals surface area contributed by atoms with Crippen LogP contribution in [0.4, 0.5) is 0 Å². The molecule has 0 unspecified atom stereocenters. The lowest BCUT2D eigenvalue weighted by Crippen LogP contribution is -2.41. The molecule has 1 N–H and O–H groups in total. The standard InChI is InChI=1S/C30H36N6O2/c1-22-16-23(2)36(33-22)20-24-6-4-8-26(17-24)30(37)35-14-10-27(11-15-35)38-28-9-5-7-25(18-28)19-34(3)21-29-31-12-13-32-29/h4-9,12-13,16-18,27H,10-11,14-15,19-21H2,1-3H3,(H,31,32). The second kappa shape index (κ2) is 11.6. The van der Waals surface area contributed by atoms with Gasteiger partial charge in [0.15, 0.2) is 0 Å². The number of likely N-dealkylation sites (tertiary alicyclic amines) is 1. The highest BCUT2D eigenvalue weighted by Gasteiger charge is 2.25. The highest BCUT2D eigenvalue weighted by atomic mass is 16.5. The van der Waals surface area contributed by atoms with Gasteiger partial charge in [0.05, 0.1) is 18.8 Å². The number of aromatic nitrogens is 4. The number of aryl methyl sites for hydroxylation is 2. The van der Waals surface area contributed by atoms with Crippen molar-refractivity contribution in [2.75, 3.05) is 20.1 Å². The van der Waals surface area contributed by atoms with Gasteiger partial charge in [0.1, 0.15) is 17.7 Å². The SMILES string of the molecule is Cc1cc(C)n(Cc2cccc(C(=O)N3CCC(Oc4cccc(CN(C)Cc5ncc[nH]5)c4)CC3)c2)n1. The number of hydrogen-bond donors (Lipinski definition) is 1. The Labute approximate surface area is 224 Å². The van der Waals surface area contributed by atoms with Gasteiger partial charge in [-0.05, 0) is 62.4 Å². The van der Waals surface area contributed by atoms with Crippen LogP contribution in [0.2, 0.25) is 0 Å². The lowest BCUT2D eigenvalue weighted by molar-refractivity contribution is 0.0595. The van der Waals surface area contributed by atoms with E-state index in [1.54, 1.807) is 6.20 Å². The summed E-state index contributed by atoms with van der Waals surface area (Å²) < 4.78 is 8.31. The van der Waals surface area contributed by atoms with Crippen LogP contribution < -0.4 is 4.74 Å². The predicted octanol–water partition coefficient (Wildman–Crippen LogP) is 4.59. The van der Waals surface area contributed by atoms with Gasteiger partial charge in [-0.2, -0.15) is 5.10 Å². The molecule has 1 amide bonds. The summed E-state index contributed by atoms with van der Waals surface area (Å²) in [7, 11) is 2.08. The van der Waals surface area contributed by atoms with Crippen molar-refractivity contribution in [3.63, 3.8) is 0 Å². The van der Waals surface area contributed by atoms with Crippen molar-refractivity contribution in [1.29, 1.82) is 0 Å². The number of aromatic amines is 1. The molecule has 0 radical (unpaired) electrons. The number of nitrogens with one attached hydrogen (secondary N) is 1. The first-order chi connectivity index (χ1) is 18.4. The van der Waals surface area contributed by atoms with E-state index < -0.39 is 0 Å². The second-order valence-corrected chi connectivity index (χ2v) is 10.3. The Balaban J connectivity index is 1.13. The van der Waals surface area contributed by atoms with E-state index >= 15 is 0 Å². The number of carbonyl (C=O) groups is 1.